The van der Waals surface area contributed by atoms with Crippen molar-refractivity contribution in [3.8, 4) is 11.1 Å². The first-order valence-corrected chi connectivity index (χ1v) is 13.2. The Morgan fingerprint density at radius 1 is 0.750 bits per heavy atom. The lowest BCUT2D eigenvalue weighted by atomic mass is 9.78. The molecule has 1 aliphatic carbocycles. The van der Waals surface area contributed by atoms with E-state index in [0.717, 1.165) is 0 Å². The number of fused-ring (bicyclic) bond motifs is 1. The molecule has 0 amide bonds. The Hall–Kier alpha value is -1.60. The van der Waals surface area contributed by atoms with Crippen molar-refractivity contribution in [2.24, 2.45) is 0 Å². The minimum absolute atomic E-state index is 0.139. The third-order valence-electron chi connectivity index (χ3n) is 6.05. The zero-order valence-electron chi connectivity index (χ0n) is 19.5. The first-order chi connectivity index (χ1) is 12.8. The zero-order valence-corrected chi connectivity index (χ0v) is 20.5. The van der Waals surface area contributed by atoms with Gasteiger partial charge in [0, 0.05) is 0 Å². The number of allylic oxidation sites excluding steroid dienone is 1. The molecule has 3 rings (SSSR count). The smallest absolute Gasteiger partial charge is 0.0551 e. The average Bonchev–Trinajstić information content (AvgIpc) is 2.87. The SMILES string of the molecule is CC1=Cc2c(-c3cc(C(C)(C)C)cc(C(C)(C)C)c3)cc(C)cc2C1[Si](C)C. The van der Waals surface area contributed by atoms with E-state index < -0.39 is 8.80 Å². The molecule has 28 heavy (non-hydrogen) atoms. The topological polar surface area (TPSA) is 0 Å². The molecule has 149 valence electrons. The van der Waals surface area contributed by atoms with Crippen molar-refractivity contribution in [3.05, 3.63) is 63.7 Å². The first-order valence-electron chi connectivity index (χ1n) is 10.6. The van der Waals surface area contributed by atoms with Gasteiger partial charge in [-0.3, -0.25) is 0 Å². The summed E-state index contributed by atoms with van der Waals surface area (Å²) >= 11 is 0. The number of benzene rings is 2. The second kappa shape index (κ2) is 7.02. The molecule has 0 N–H and O–H groups in total. The van der Waals surface area contributed by atoms with E-state index in [1.807, 2.05) is 0 Å². The molecule has 0 spiro atoms. The highest BCUT2D eigenvalue weighted by atomic mass is 28.3. The molecule has 0 heterocycles. The lowest BCUT2D eigenvalue weighted by Gasteiger charge is -2.27. The second-order valence-corrected chi connectivity index (χ2v) is 13.7. The van der Waals surface area contributed by atoms with Crippen molar-refractivity contribution in [3.63, 3.8) is 0 Å². The van der Waals surface area contributed by atoms with Crippen LogP contribution in [-0.2, 0) is 10.8 Å². The lowest BCUT2D eigenvalue weighted by Crippen LogP contribution is -2.17. The van der Waals surface area contributed by atoms with Gasteiger partial charge in [-0.2, -0.15) is 0 Å². The summed E-state index contributed by atoms with van der Waals surface area (Å²) in [5, 5.41) is 0. The van der Waals surface area contributed by atoms with Gasteiger partial charge in [0.1, 0.15) is 0 Å². The first kappa shape index (κ1) is 21.1. The predicted molar refractivity (Wildman–Crippen MR) is 128 cm³/mol. The molecule has 2 aromatic rings. The number of aryl methyl sites for hydroxylation is 1. The Bertz CT molecular complexity index is 898. The molecule has 0 bridgehead atoms. The standard InChI is InChI=1S/C27H37Si/c1-17-11-22(23-13-18(2)25(28(9)10)24(23)12-17)19-14-20(26(3,4)5)16-21(15-19)27(6,7)8/h11-16,25H,1-10H3. The molecule has 0 fully saturated rings. The molecular weight excluding hydrogens is 352 g/mol. The van der Waals surface area contributed by atoms with E-state index in [-0.39, 0.29) is 10.8 Å². The average molecular weight is 390 g/mol. The maximum atomic E-state index is 2.47. The highest BCUT2D eigenvalue weighted by molar-refractivity contribution is 6.58. The number of hydrogen-bond acceptors (Lipinski definition) is 0. The Labute approximate surface area is 174 Å². The van der Waals surface area contributed by atoms with Crippen molar-refractivity contribution < 1.29 is 0 Å². The van der Waals surface area contributed by atoms with Gasteiger partial charge in [-0.15, -0.1) is 0 Å². The molecule has 0 aliphatic heterocycles. The minimum Gasteiger partial charge on any atom is -0.0705 e. The van der Waals surface area contributed by atoms with E-state index in [2.05, 4.69) is 105 Å². The molecule has 0 saturated carbocycles. The van der Waals surface area contributed by atoms with Crippen LogP contribution >= 0.6 is 0 Å². The maximum absolute atomic E-state index is 2.47. The maximum Gasteiger partial charge on any atom is 0.0551 e. The molecule has 1 unspecified atom stereocenters. The van der Waals surface area contributed by atoms with Gasteiger partial charge in [0.2, 0.25) is 0 Å². The third kappa shape index (κ3) is 3.92. The van der Waals surface area contributed by atoms with E-state index in [1.165, 1.54) is 33.4 Å². The fourth-order valence-electron chi connectivity index (χ4n) is 4.44. The van der Waals surface area contributed by atoms with E-state index in [0.29, 0.717) is 5.54 Å². The molecule has 0 saturated heterocycles. The fraction of sp³-hybridized carbons (Fsp3) is 0.481. The molecule has 2 aromatic carbocycles. The monoisotopic (exact) mass is 389 g/mol. The second-order valence-electron chi connectivity index (χ2n) is 11.0. The van der Waals surface area contributed by atoms with Crippen molar-refractivity contribution in [1.29, 1.82) is 0 Å². The van der Waals surface area contributed by atoms with Crippen molar-refractivity contribution in [2.75, 3.05) is 0 Å². The minimum atomic E-state index is -0.417. The van der Waals surface area contributed by atoms with Crippen molar-refractivity contribution >= 4 is 14.9 Å². The lowest BCUT2D eigenvalue weighted by molar-refractivity contribution is 0.569. The summed E-state index contributed by atoms with van der Waals surface area (Å²) in [7, 11) is -0.417. The summed E-state index contributed by atoms with van der Waals surface area (Å²) in [5.74, 6) is 0. The predicted octanol–water partition coefficient (Wildman–Crippen LogP) is 8.05. The Morgan fingerprint density at radius 2 is 1.29 bits per heavy atom. The van der Waals surface area contributed by atoms with E-state index in [9.17, 15) is 0 Å². The Balaban J connectivity index is 2.30. The molecule has 1 atom stereocenters. The van der Waals surface area contributed by atoms with Crippen LogP contribution in [0, 0.1) is 6.92 Å². The number of rotatable bonds is 2. The summed E-state index contributed by atoms with van der Waals surface area (Å²) < 4.78 is 0. The molecule has 0 nitrogen and oxygen atoms in total. The van der Waals surface area contributed by atoms with Crippen molar-refractivity contribution in [2.45, 2.75) is 84.9 Å². The summed E-state index contributed by atoms with van der Waals surface area (Å²) in [4.78, 5) is 0. The van der Waals surface area contributed by atoms with Crippen LogP contribution in [-0.4, -0.2) is 8.80 Å². The van der Waals surface area contributed by atoms with Gasteiger partial charge in [0.15, 0.2) is 0 Å². The van der Waals surface area contributed by atoms with Gasteiger partial charge in [0.25, 0.3) is 0 Å². The van der Waals surface area contributed by atoms with Gasteiger partial charge in [-0.05, 0) is 63.6 Å². The molecule has 1 radical (unpaired) electrons. The van der Waals surface area contributed by atoms with Crippen LogP contribution in [0.4, 0.5) is 0 Å². The van der Waals surface area contributed by atoms with Gasteiger partial charge in [-0.25, -0.2) is 0 Å². The largest absolute Gasteiger partial charge is 0.0705 e. The van der Waals surface area contributed by atoms with Gasteiger partial charge >= 0.3 is 0 Å². The van der Waals surface area contributed by atoms with Gasteiger partial charge < -0.3 is 0 Å². The van der Waals surface area contributed by atoms with Crippen LogP contribution < -0.4 is 0 Å². The molecule has 0 aromatic heterocycles. The van der Waals surface area contributed by atoms with Crippen LogP contribution in [0.25, 0.3) is 17.2 Å². The normalized spacial score (nSPS) is 17.1. The van der Waals surface area contributed by atoms with E-state index in [1.54, 1.807) is 11.1 Å². The summed E-state index contributed by atoms with van der Waals surface area (Å²) in [6, 6.07) is 12.1. The summed E-state index contributed by atoms with van der Waals surface area (Å²) in [6.45, 7) is 23.4. The van der Waals surface area contributed by atoms with Crippen LogP contribution in [0.5, 0.6) is 0 Å². The van der Waals surface area contributed by atoms with Crippen LogP contribution in [0.15, 0.2) is 35.9 Å². The quantitative estimate of drug-likeness (QED) is 0.456. The van der Waals surface area contributed by atoms with Gasteiger partial charge in [-0.1, -0.05) is 102 Å². The third-order valence-corrected chi connectivity index (χ3v) is 7.97. The highest BCUT2D eigenvalue weighted by Crippen LogP contribution is 2.44. The fourth-order valence-corrected chi connectivity index (χ4v) is 6.29. The van der Waals surface area contributed by atoms with E-state index in [4.69, 9.17) is 0 Å². The van der Waals surface area contributed by atoms with E-state index >= 15 is 0 Å². The Morgan fingerprint density at radius 3 is 1.75 bits per heavy atom. The summed E-state index contributed by atoms with van der Waals surface area (Å²) in [6.07, 6.45) is 2.47. The number of hydrogen-bond donors (Lipinski definition) is 0. The summed E-state index contributed by atoms with van der Waals surface area (Å²) in [5.41, 5.74) is 12.5. The van der Waals surface area contributed by atoms with Gasteiger partial charge in [0.05, 0.1) is 8.80 Å². The van der Waals surface area contributed by atoms with Crippen LogP contribution in [0.2, 0.25) is 13.1 Å². The highest BCUT2D eigenvalue weighted by Gasteiger charge is 2.29. The van der Waals surface area contributed by atoms with Crippen LogP contribution in [0.3, 0.4) is 0 Å². The molecular formula is C27H37Si. The van der Waals surface area contributed by atoms with Crippen LogP contribution in [0.1, 0.15) is 81.8 Å². The molecule has 1 aliphatic rings. The van der Waals surface area contributed by atoms with Crippen molar-refractivity contribution in [1.82, 2.24) is 0 Å². The zero-order chi connectivity index (χ0) is 21.0. The Kier molecular flexibility index (Phi) is 5.30. The molecule has 1 heteroatoms.